The van der Waals surface area contributed by atoms with E-state index in [0.29, 0.717) is 18.3 Å². The first kappa shape index (κ1) is 13.0. The number of anilines is 1. The van der Waals surface area contributed by atoms with Crippen molar-refractivity contribution in [3.63, 3.8) is 0 Å². The Bertz CT molecular complexity index is 527. The fourth-order valence-electron chi connectivity index (χ4n) is 2.82. The summed E-state index contributed by atoms with van der Waals surface area (Å²) in [7, 11) is 1.63. The number of rotatable bonds is 3. The van der Waals surface area contributed by atoms with Gasteiger partial charge in [0, 0.05) is 36.5 Å². The lowest BCUT2D eigenvalue weighted by atomic mass is 9.91. The highest BCUT2D eigenvalue weighted by atomic mass is 16.5. The van der Waals surface area contributed by atoms with Gasteiger partial charge in [0.25, 0.3) is 0 Å². The van der Waals surface area contributed by atoms with E-state index in [2.05, 4.69) is 27.0 Å². The average molecular weight is 272 g/mol. The first-order valence-electron chi connectivity index (χ1n) is 7.01. The Labute approximate surface area is 119 Å². The molecule has 2 N–H and O–H groups in total. The van der Waals surface area contributed by atoms with E-state index < -0.39 is 0 Å². The highest BCUT2D eigenvalue weighted by molar-refractivity contribution is 5.99. The SMILES string of the molecule is COc1ccc(N2CCC(C3=NCC(N)=C3)CC2)cn1. The molecule has 1 fully saturated rings. The van der Waals surface area contributed by atoms with E-state index in [4.69, 9.17) is 10.5 Å². The van der Waals surface area contributed by atoms with E-state index >= 15 is 0 Å². The van der Waals surface area contributed by atoms with E-state index in [9.17, 15) is 0 Å². The van der Waals surface area contributed by atoms with Crippen LogP contribution in [-0.4, -0.2) is 37.4 Å². The molecule has 1 aromatic rings. The van der Waals surface area contributed by atoms with Gasteiger partial charge >= 0.3 is 0 Å². The van der Waals surface area contributed by atoms with Crippen LogP contribution >= 0.6 is 0 Å². The lowest BCUT2D eigenvalue weighted by Crippen LogP contribution is -2.35. The summed E-state index contributed by atoms with van der Waals surface area (Å²) in [6.45, 7) is 2.74. The maximum absolute atomic E-state index is 5.79. The third-order valence-corrected chi connectivity index (χ3v) is 3.99. The van der Waals surface area contributed by atoms with Gasteiger partial charge in [-0.3, -0.25) is 4.99 Å². The van der Waals surface area contributed by atoms with Gasteiger partial charge in [0.15, 0.2) is 0 Å². The molecule has 20 heavy (non-hydrogen) atoms. The van der Waals surface area contributed by atoms with Crippen LogP contribution < -0.4 is 15.4 Å². The Kier molecular flexibility index (Phi) is 3.58. The Morgan fingerprint density at radius 2 is 2.10 bits per heavy atom. The fourth-order valence-corrected chi connectivity index (χ4v) is 2.82. The molecule has 0 saturated carbocycles. The summed E-state index contributed by atoms with van der Waals surface area (Å²) in [6.07, 6.45) is 6.17. The lowest BCUT2D eigenvalue weighted by molar-refractivity contribution is 0.397. The molecule has 0 spiro atoms. The van der Waals surface area contributed by atoms with Crippen molar-refractivity contribution >= 4 is 11.4 Å². The molecule has 0 aromatic carbocycles. The van der Waals surface area contributed by atoms with E-state index in [1.807, 2.05) is 12.3 Å². The predicted octanol–water partition coefficient (Wildman–Crippen LogP) is 1.60. The smallest absolute Gasteiger partial charge is 0.213 e. The van der Waals surface area contributed by atoms with Gasteiger partial charge in [-0.05, 0) is 25.0 Å². The van der Waals surface area contributed by atoms with Crippen LogP contribution in [0.25, 0.3) is 0 Å². The number of nitrogens with zero attached hydrogens (tertiary/aromatic N) is 3. The highest BCUT2D eigenvalue weighted by Crippen LogP contribution is 2.26. The molecule has 0 unspecified atom stereocenters. The minimum atomic E-state index is 0.554. The molecule has 3 heterocycles. The Morgan fingerprint density at radius 1 is 1.30 bits per heavy atom. The van der Waals surface area contributed by atoms with Crippen molar-refractivity contribution in [2.75, 3.05) is 31.6 Å². The Balaban J connectivity index is 1.60. The summed E-state index contributed by atoms with van der Waals surface area (Å²) in [4.78, 5) is 11.1. The van der Waals surface area contributed by atoms with Crippen LogP contribution in [0.2, 0.25) is 0 Å². The molecule has 3 rings (SSSR count). The van der Waals surface area contributed by atoms with Crippen molar-refractivity contribution in [2.24, 2.45) is 16.6 Å². The number of allylic oxidation sites excluding steroid dienone is 1. The second kappa shape index (κ2) is 5.53. The van der Waals surface area contributed by atoms with Gasteiger partial charge in [0.1, 0.15) is 0 Å². The zero-order valence-corrected chi connectivity index (χ0v) is 11.7. The Morgan fingerprint density at radius 3 is 2.65 bits per heavy atom. The highest BCUT2D eigenvalue weighted by Gasteiger charge is 2.24. The molecule has 0 aliphatic carbocycles. The number of aliphatic imine (C=N–C) groups is 1. The molecule has 2 aliphatic heterocycles. The molecule has 0 bridgehead atoms. The number of pyridine rings is 1. The summed E-state index contributed by atoms with van der Waals surface area (Å²) >= 11 is 0. The number of methoxy groups -OCH3 is 1. The van der Waals surface area contributed by atoms with Crippen LogP contribution in [0.1, 0.15) is 12.8 Å². The third-order valence-electron chi connectivity index (χ3n) is 3.99. The van der Waals surface area contributed by atoms with Crippen molar-refractivity contribution in [2.45, 2.75) is 12.8 Å². The lowest BCUT2D eigenvalue weighted by Gasteiger charge is -2.33. The number of hydrogen-bond acceptors (Lipinski definition) is 5. The predicted molar refractivity (Wildman–Crippen MR) is 80.3 cm³/mol. The van der Waals surface area contributed by atoms with Crippen molar-refractivity contribution in [1.82, 2.24) is 4.98 Å². The van der Waals surface area contributed by atoms with Crippen molar-refractivity contribution in [3.05, 3.63) is 30.1 Å². The van der Waals surface area contributed by atoms with E-state index in [1.54, 1.807) is 7.11 Å². The van der Waals surface area contributed by atoms with Gasteiger partial charge < -0.3 is 15.4 Å². The second-order valence-corrected chi connectivity index (χ2v) is 5.28. The number of hydrogen-bond donors (Lipinski definition) is 1. The topological polar surface area (TPSA) is 63.7 Å². The van der Waals surface area contributed by atoms with Crippen LogP contribution in [0.15, 0.2) is 35.1 Å². The van der Waals surface area contributed by atoms with Crippen LogP contribution in [-0.2, 0) is 0 Å². The van der Waals surface area contributed by atoms with Gasteiger partial charge in [0.05, 0.1) is 25.5 Å². The van der Waals surface area contributed by atoms with E-state index in [-0.39, 0.29) is 0 Å². The summed E-state index contributed by atoms with van der Waals surface area (Å²) in [5, 5.41) is 0. The zero-order chi connectivity index (χ0) is 13.9. The van der Waals surface area contributed by atoms with Crippen molar-refractivity contribution in [1.29, 1.82) is 0 Å². The van der Waals surface area contributed by atoms with Gasteiger partial charge in [0.2, 0.25) is 5.88 Å². The molecule has 0 amide bonds. The first-order chi connectivity index (χ1) is 9.76. The monoisotopic (exact) mass is 272 g/mol. The molecule has 5 heteroatoms. The van der Waals surface area contributed by atoms with Gasteiger partial charge in [-0.25, -0.2) is 4.98 Å². The molecular weight excluding hydrogens is 252 g/mol. The Hall–Kier alpha value is -2.04. The molecule has 0 radical (unpaired) electrons. The molecule has 5 nitrogen and oxygen atoms in total. The normalized spacial score (nSPS) is 19.8. The number of ether oxygens (including phenoxy) is 1. The van der Waals surface area contributed by atoms with Crippen LogP contribution in [0, 0.1) is 5.92 Å². The van der Waals surface area contributed by atoms with Crippen LogP contribution in [0.4, 0.5) is 5.69 Å². The van der Waals surface area contributed by atoms with Gasteiger partial charge in [-0.2, -0.15) is 0 Å². The fraction of sp³-hybridized carbons (Fsp3) is 0.467. The quantitative estimate of drug-likeness (QED) is 0.908. The number of nitrogens with two attached hydrogens (primary N) is 1. The average Bonchev–Trinajstić information content (AvgIpc) is 2.94. The van der Waals surface area contributed by atoms with Crippen LogP contribution in [0.3, 0.4) is 0 Å². The largest absolute Gasteiger partial charge is 0.481 e. The minimum Gasteiger partial charge on any atom is -0.481 e. The maximum atomic E-state index is 5.79. The molecule has 1 saturated heterocycles. The van der Waals surface area contributed by atoms with Crippen molar-refractivity contribution in [3.8, 4) is 5.88 Å². The molecule has 2 aliphatic rings. The van der Waals surface area contributed by atoms with Gasteiger partial charge in [-0.15, -0.1) is 0 Å². The summed E-state index contributed by atoms with van der Waals surface area (Å²) in [5.41, 5.74) is 9.03. The summed E-state index contributed by atoms with van der Waals surface area (Å²) < 4.78 is 5.09. The standard InChI is InChI=1S/C15H20N4O/c1-20-15-3-2-13(10-18-15)19-6-4-11(5-7-19)14-8-12(16)9-17-14/h2-3,8,10-11H,4-7,9,16H2,1H3. The van der Waals surface area contributed by atoms with Crippen molar-refractivity contribution < 1.29 is 4.74 Å². The minimum absolute atomic E-state index is 0.554. The molecule has 1 aromatic heterocycles. The molecule has 0 atom stereocenters. The zero-order valence-electron chi connectivity index (χ0n) is 11.7. The second-order valence-electron chi connectivity index (χ2n) is 5.28. The maximum Gasteiger partial charge on any atom is 0.213 e. The third kappa shape index (κ3) is 2.61. The summed E-state index contributed by atoms with van der Waals surface area (Å²) in [5.74, 6) is 1.21. The molecule has 106 valence electrons. The first-order valence-corrected chi connectivity index (χ1v) is 7.01. The summed E-state index contributed by atoms with van der Waals surface area (Å²) in [6, 6.07) is 3.98. The van der Waals surface area contributed by atoms with E-state index in [0.717, 1.165) is 37.3 Å². The van der Waals surface area contributed by atoms with E-state index in [1.165, 1.54) is 5.71 Å². The number of piperidine rings is 1. The van der Waals surface area contributed by atoms with Crippen LogP contribution in [0.5, 0.6) is 5.88 Å². The van der Waals surface area contributed by atoms with Gasteiger partial charge in [-0.1, -0.05) is 0 Å². The number of aromatic nitrogens is 1. The molecular formula is C15H20N4O.